The van der Waals surface area contributed by atoms with Crippen LogP contribution in [0.2, 0.25) is 0 Å². The van der Waals surface area contributed by atoms with Gasteiger partial charge < -0.3 is 10.1 Å². The van der Waals surface area contributed by atoms with E-state index in [9.17, 15) is 10.1 Å². The summed E-state index contributed by atoms with van der Waals surface area (Å²) in [6.07, 6.45) is 2.86. The first kappa shape index (κ1) is 8.39. The highest BCUT2D eigenvalue weighted by Crippen LogP contribution is 2.19. The molecule has 12 heavy (non-hydrogen) atoms. The lowest BCUT2D eigenvalue weighted by Crippen LogP contribution is -1.96. The van der Waals surface area contributed by atoms with Crippen molar-refractivity contribution in [3.8, 4) is 0 Å². The molecule has 0 aliphatic carbocycles. The summed E-state index contributed by atoms with van der Waals surface area (Å²) in [7, 11) is 0. The fourth-order valence-corrected chi connectivity index (χ4v) is 0.953. The maximum Gasteiger partial charge on any atom is 0.370 e. The van der Waals surface area contributed by atoms with E-state index in [2.05, 4.69) is 11.6 Å². The topological polar surface area (TPSA) is 56.0 Å². The van der Waals surface area contributed by atoms with Crippen molar-refractivity contribution in [2.75, 3.05) is 0 Å². The predicted octanol–water partition coefficient (Wildman–Crippen LogP) is 1.94. The van der Waals surface area contributed by atoms with E-state index in [0.717, 1.165) is 5.56 Å². The minimum Gasteiger partial charge on any atom is -0.358 e. The van der Waals surface area contributed by atoms with Gasteiger partial charge in [-0.3, -0.25) is 0 Å². The number of nitro groups is 1. The van der Waals surface area contributed by atoms with Crippen LogP contribution in [0.4, 0.5) is 5.82 Å². The molecule has 0 aliphatic rings. The zero-order chi connectivity index (χ0) is 9.14. The first-order valence-electron chi connectivity index (χ1n) is 3.39. The summed E-state index contributed by atoms with van der Waals surface area (Å²) in [5.74, 6) is -0.134. The van der Waals surface area contributed by atoms with Crippen LogP contribution in [0.15, 0.2) is 18.8 Å². The molecule has 4 heteroatoms. The quantitative estimate of drug-likeness (QED) is 0.495. The lowest BCUT2D eigenvalue weighted by Gasteiger charge is -1.98. The van der Waals surface area contributed by atoms with Gasteiger partial charge in [-0.05, 0) is 28.5 Å². The largest absolute Gasteiger partial charge is 0.370 e. The molecule has 0 saturated carbocycles. The van der Waals surface area contributed by atoms with Gasteiger partial charge in [-0.15, -0.1) is 0 Å². The van der Waals surface area contributed by atoms with Crippen LogP contribution in [0.3, 0.4) is 0 Å². The van der Waals surface area contributed by atoms with Gasteiger partial charge in [0.25, 0.3) is 0 Å². The Morgan fingerprint density at radius 2 is 2.42 bits per heavy atom. The van der Waals surface area contributed by atoms with Crippen molar-refractivity contribution in [1.29, 1.82) is 0 Å². The minimum atomic E-state index is -0.510. The smallest absolute Gasteiger partial charge is 0.358 e. The number of hydrogen-bond acceptors (Lipinski definition) is 3. The van der Waals surface area contributed by atoms with Crippen molar-refractivity contribution >= 4 is 11.9 Å². The number of nitrogens with zero attached hydrogens (tertiary/aromatic N) is 2. The summed E-state index contributed by atoms with van der Waals surface area (Å²) >= 11 is 0. The van der Waals surface area contributed by atoms with Crippen LogP contribution < -0.4 is 0 Å². The Labute approximate surface area is 69.7 Å². The van der Waals surface area contributed by atoms with Gasteiger partial charge in [0, 0.05) is 0 Å². The van der Waals surface area contributed by atoms with Crippen LogP contribution >= 0.6 is 0 Å². The SMILES string of the molecule is C=Cc1c(C)ccnc1[N+](=O)[O-]. The van der Waals surface area contributed by atoms with Crippen molar-refractivity contribution < 1.29 is 4.92 Å². The molecule has 1 aromatic heterocycles. The molecule has 0 aromatic carbocycles. The van der Waals surface area contributed by atoms with E-state index >= 15 is 0 Å². The zero-order valence-corrected chi connectivity index (χ0v) is 6.65. The van der Waals surface area contributed by atoms with E-state index in [-0.39, 0.29) is 5.82 Å². The Balaban J connectivity index is 3.37. The average molecular weight is 164 g/mol. The zero-order valence-electron chi connectivity index (χ0n) is 6.65. The van der Waals surface area contributed by atoms with Crippen molar-refractivity contribution in [2.24, 2.45) is 0 Å². The van der Waals surface area contributed by atoms with E-state index in [1.807, 2.05) is 0 Å². The van der Waals surface area contributed by atoms with Crippen LogP contribution in [0.1, 0.15) is 11.1 Å². The van der Waals surface area contributed by atoms with Gasteiger partial charge >= 0.3 is 5.82 Å². The van der Waals surface area contributed by atoms with Crippen LogP contribution in [-0.2, 0) is 0 Å². The number of aryl methyl sites for hydroxylation is 1. The molecule has 0 saturated heterocycles. The molecule has 1 heterocycles. The fourth-order valence-electron chi connectivity index (χ4n) is 0.953. The van der Waals surface area contributed by atoms with Crippen LogP contribution in [0.25, 0.3) is 6.08 Å². The molecule has 0 N–H and O–H groups in total. The maximum absolute atomic E-state index is 10.4. The minimum absolute atomic E-state index is 0.134. The number of rotatable bonds is 2. The Morgan fingerprint density at radius 3 is 2.83 bits per heavy atom. The first-order valence-corrected chi connectivity index (χ1v) is 3.39. The highest BCUT2D eigenvalue weighted by Gasteiger charge is 2.13. The molecule has 0 bridgehead atoms. The van der Waals surface area contributed by atoms with Crippen LogP contribution in [-0.4, -0.2) is 9.91 Å². The molecular weight excluding hydrogens is 156 g/mol. The van der Waals surface area contributed by atoms with Gasteiger partial charge in [0.15, 0.2) is 0 Å². The molecule has 0 fully saturated rings. The van der Waals surface area contributed by atoms with Crippen LogP contribution in [0.5, 0.6) is 0 Å². The maximum atomic E-state index is 10.4. The Kier molecular flexibility index (Phi) is 2.19. The van der Waals surface area contributed by atoms with Gasteiger partial charge in [0.2, 0.25) is 0 Å². The number of aromatic nitrogens is 1. The van der Waals surface area contributed by atoms with E-state index in [4.69, 9.17) is 0 Å². The Hall–Kier alpha value is -1.71. The van der Waals surface area contributed by atoms with Crippen LogP contribution in [0, 0.1) is 17.0 Å². The highest BCUT2D eigenvalue weighted by molar-refractivity contribution is 5.59. The van der Waals surface area contributed by atoms with Crippen molar-refractivity contribution in [3.63, 3.8) is 0 Å². The fraction of sp³-hybridized carbons (Fsp3) is 0.125. The normalized spacial score (nSPS) is 9.42. The third-order valence-corrected chi connectivity index (χ3v) is 1.56. The van der Waals surface area contributed by atoms with Crippen molar-refractivity contribution in [3.05, 3.63) is 40.1 Å². The Bertz CT molecular complexity index is 334. The molecule has 0 unspecified atom stereocenters. The van der Waals surface area contributed by atoms with Gasteiger partial charge in [-0.1, -0.05) is 12.7 Å². The second kappa shape index (κ2) is 3.13. The van der Waals surface area contributed by atoms with E-state index in [1.54, 1.807) is 13.0 Å². The van der Waals surface area contributed by atoms with Gasteiger partial charge in [-0.2, -0.15) is 0 Å². The van der Waals surface area contributed by atoms with Gasteiger partial charge in [-0.25, -0.2) is 0 Å². The Morgan fingerprint density at radius 1 is 1.75 bits per heavy atom. The molecule has 0 radical (unpaired) electrons. The molecular formula is C8H8N2O2. The molecule has 1 aromatic rings. The summed E-state index contributed by atoms with van der Waals surface area (Å²) in [6, 6.07) is 1.71. The second-order valence-corrected chi connectivity index (χ2v) is 2.33. The summed E-state index contributed by atoms with van der Waals surface area (Å²) in [6.45, 7) is 5.27. The molecule has 4 nitrogen and oxygen atoms in total. The summed E-state index contributed by atoms with van der Waals surface area (Å²) in [5.41, 5.74) is 1.30. The highest BCUT2D eigenvalue weighted by atomic mass is 16.6. The lowest BCUT2D eigenvalue weighted by atomic mass is 10.1. The van der Waals surface area contributed by atoms with E-state index < -0.39 is 4.92 Å². The average Bonchev–Trinajstić information content (AvgIpc) is 2.03. The third-order valence-electron chi connectivity index (χ3n) is 1.56. The van der Waals surface area contributed by atoms with Crippen molar-refractivity contribution in [1.82, 2.24) is 4.98 Å². The molecule has 1 rings (SSSR count). The number of pyridine rings is 1. The molecule has 0 amide bonds. The summed E-state index contributed by atoms with van der Waals surface area (Å²) in [4.78, 5) is 13.6. The summed E-state index contributed by atoms with van der Waals surface area (Å²) in [5, 5.41) is 10.4. The molecule has 0 spiro atoms. The van der Waals surface area contributed by atoms with E-state index in [1.165, 1.54) is 12.3 Å². The second-order valence-electron chi connectivity index (χ2n) is 2.33. The third kappa shape index (κ3) is 1.32. The van der Waals surface area contributed by atoms with Gasteiger partial charge in [0.05, 0.1) is 5.56 Å². The monoisotopic (exact) mass is 164 g/mol. The number of hydrogen-bond donors (Lipinski definition) is 0. The summed E-state index contributed by atoms with van der Waals surface area (Å²) < 4.78 is 0. The first-order chi connectivity index (χ1) is 5.66. The van der Waals surface area contributed by atoms with Crippen molar-refractivity contribution in [2.45, 2.75) is 6.92 Å². The van der Waals surface area contributed by atoms with E-state index in [0.29, 0.717) is 5.56 Å². The molecule has 62 valence electrons. The van der Waals surface area contributed by atoms with Gasteiger partial charge in [0.1, 0.15) is 6.20 Å². The lowest BCUT2D eigenvalue weighted by molar-refractivity contribution is -0.389. The predicted molar refractivity (Wildman–Crippen MR) is 45.7 cm³/mol. The standard InChI is InChI=1S/C8H8N2O2/c1-3-7-6(2)4-5-9-8(7)10(11)12/h3-5H,1H2,2H3. The molecule has 0 atom stereocenters. The molecule has 0 aliphatic heterocycles.